The number of nitrogens with two attached hydrogens (primary N) is 1. The number of primary amides is 1. The summed E-state index contributed by atoms with van der Waals surface area (Å²) in [7, 11) is 0. The average Bonchev–Trinajstić information content (AvgIpc) is 2.76. The highest BCUT2D eigenvalue weighted by atomic mass is 16.5. The SMILES string of the molecule is N#Cc1ccccc1C[C@@H](NC(=O)C[C@@H](O)CNC(=O)OCc1ccccc1)C(N)=O. The Balaban J connectivity index is 1.78. The van der Waals surface area contributed by atoms with Gasteiger partial charge in [-0.05, 0) is 17.2 Å². The minimum absolute atomic E-state index is 0.0466. The number of hydrogen-bond donors (Lipinski definition) is 4. The minimum atomic E-state index is -1.19. The Morgan fingerprint density at radius 1 is 1.10 bits per heavy atom. The first-order valence-electron chi connectivity index (χ1n) is 9.58. The van der Waals surface area contributed by atoms with Gasteiger partial charge >= 0.3 is 6.09 Å². The lowest BCUT2D eigenvalue weighted by Gasteiger charge is -2.18. The van der Waals surface area contributed by atoms with Crippen LogP contribution in [-0.2, 0) is 27.4 Å². The summed E-state index contributed by atoms with van der Waals surface area (Å²) >= 11 is 0. The van der Waals surface area contributed by atoms with E-state index in [1.165, 1.54) is 0 Å². The van der Waals surface area contributed by atoms with Gasteiger partial charge in [-0.1, -0.05) is 48.5 Å². The Kier molecular flexibility index (Phi) is 9.01. The molecule has 9 nitrogen and oxygen atoms in total. The molecule has 0 spiro atoms. The van der Waals surface area contributed by atoms with Crippen molar-refractivity contribution in [2.75, 3.05) is 6.54 Å². The lowest BCUT2D eigenvalue weighted by Crippen LogP contribution is -2.47. The number of hydrogen-bond acceptors (Lipinski definition) is 6. The van der Waals surface area contributed by atoms with Gasteiger partial charge < -0.3 is 26.2 Å². The van der Waals surface area contributed by atoms with Crippen LogP contribution in [0, 0.1) is 11.3 Å². The summed E-state index contributed by atoms with van der Waals surface area (Å²) in [5, 5.41) is 24.0. The monoisotopic (exact) mass is 424 g/mol. The first kappa shape index (κ1) is 23.4. The third-order valence-corrected chi connectivity index (χ3v) is 4.36. The van der Waals surface area contributed by atoms with E-state index in [1.54, 1.807) is 36.4 Å². The molecule has 162 valence electrons. The quantitative estimate of drug-likeness (QED) is 0.441. The molecule has 0 aliphatic rings. The maximum Gasteiger partial charge on any atom is 0.407 e. The second-order valence-electron chi connectivity index (χ2n) is 6.80. The maximum atomic E-state index is 12.2. The van der Waals surface area contributed by atoms with Crippen LogP contribution in [0.1, 0.15) is 23.1 Å². The van der Waals surface area contributed by atoms with Crippen LogP contribution in [0.3, 0.4) is 0 Å². The first-order chi connectivity index (χ1) is 14.9. The molecular formula is C22H24N4O5. The number of aliphatic hydroxyl groups is 1. The highest BCUT2D eigenvalue weighted by molar-refractivity contribution is 5.87. The summed E-state index contributed by atoms with van der Waals surface area (Å²) < 4.78 is 5.02. The predicted octanol–water partition coefficient (Wildman–Crippen LogP) is 0.748. The van der Waals surface area contributed by atoms with Crippen LogP contribution in [-0.4, -0.2) is 41.7 Å². The normalized spacial score (nSPS) is 12.1. The molecule has 0 fully saturated rings. The van der Waals surface area contributed by atoms with Crippen LogP contribution in [0.4, 0.5) is 4.79 Å². The summed E-state index contributed by atoms with van der Waals surface area (Å²) in [5.74, 6) is -1.39. The zero-order chi connectivity index (χ0) is 22.6. The number of benzene rings is 2. The van der Waals surface area contributed by atoms with Gasteiger partial charge in [0.1, 0.15) is 12.6 Å². The fourth-order valence-electron chi connectivity index (χ4n) is 2.76. The largest absolute Gasteiger partial charge is 0.445 e. The van der Waals surface area contributed by atoms with E-state index in [0.29, 0.717) is 11.1 Å². The molecule has 0 aliphatic heterocycles. The second-order valence-corrected chi connectivity index (χ2v) is 6.80. The summed E-state index contributed by atoms with van der Waals surface area (Å²) in [6.45, 7) is -0.132. The molecule has 0 heterocycles. The number of alkyl carbamates (subject to hydrolysis) is 1. The van der Waals surface area contributed by atoms with E-state index in [2.05, 4.69) is 10.6 Å². The van der Waals surface area contributed by atoms with Gasteiger partial charge in [-0.15, -0.1) is 0 Å². The summed E-state index contributed by atoms with van der Waals surface area (Å²) in [6, 6.07) is 16.7. The average molecular weight is 424 g/mol. The molecule has 2 aromatic rings. The van der Waals surface area contributed by atoms with Crippen molar-refractivity contribution in [1.82, 2.24) is 10.6 Å². The van der Waals surface area contributed by atoms with Crippen LogP contribution < -0.4 is 16.4 Å². The van der Waals surface area contributed by atoms with Gasteiger partial charge in [0.2, 0.25) is 11.8 Å². The van der Waals surface area contributed by atoms with E-state index < -0.39 is 30.1 Å². The number of nitrogens with zero attached hydrogens (tertiary/aromatic N) is 1. The van der Waals surface area contributed by atoms with Gasteiger partial charge in [0, 0.05) is 13.0 Å². The zero-order valence-corrected chi connectivity index (χ0v) is 16.8. The predicted molar refractivity (Wildman–Crippen MR) is 111 cm³/mol. The van der Waals surface area contributed by atoms with E-state index >= 15 is 0 Å². The molecule has 9 heteroatoms. The lowest BCUT2D eigenvalue weighted by molar-refractivity contribution is -0.128. The Hall–Kier alpha value is -3.90. The lowest BCUT2D eigenvalue weighted by atomic mass is 10.0. The molecule has 0 unspecified atom stereocenters. The molecule has 5 N–H and O–H groups in total. The standard InChI is InChI=1S/C22H24N4O5/c23-12-17-9-5-4-8-16(17)10-19(21(24)29)26-20(28)11-18(27)13-25-22(30)31-14-15-6-2-1-3-7-15/h1-9,18-19,27H,10-11,13-14H2,(H2,24,29)(H,25,30)(H,26,28)/t18-,19-/m1/s1. The van der Waals surface area contributed by atoms with Crippen molar-refractivity contribution in [3.63, 3.8) is 0 Å². The number of nitrogens with one attached hydrogen (secondary N) is 2. The van der Waals surface area contributed by atoms with Crippen molar-refractivity contribution >= 4 is 17.9 Å². The fraction of sp³-hybridized carbons (Fsp3) is 0.273. The molecule has 0 aliphatic carbocycles. The van der Waals surface area contributed by atoms with E-state index in [1.807, 2.05) is 24.3 Å². The van der Waals surface area contributed by atoms with Gasteiger partial charge in [-0.3, -0.25) is 9.59 Å². The summed E-state index contributed by atoms with van der Waals surface area (Å²) in [5.41, 5.74) is 7.12. The highest BCUT2D eigenvalue weighted by Crippen LogP contribution is 2.10. The van der Waals surface area contributed by atoms with Crippen molar-refractivity contribution in [2.45, 2.75) is 31.6 Å². The van der Waals surface area contributed by atoms with Gasteiger partial charge in [0.15, 0.2) is 0 Å². The van der Waals surface area contributed by atoms with Crippen LogP contribution in [0.15, 0.2) is 54.6 Å². The molecule has 31 heavy (non-hydrogen) atoms. The topological polar surface area (TPSA) is 155 Å². The smallest absolute Gasteiger partial charge is 0.407 e. The number of amides is 3. The fourth-order valence-corrected chi connectivity index (χ4v) is 2.76. The molecule has 3 amide bonds. The number of carbonyl (C=O) groups excluding carboxylic acids is 3. The summed E-state index contributed by atoms with van der Waals surface area (Å²) in [6.07, 6.45) is -2.23. The molecular weight excluding hydrogens is 400 g/mol. The molecule has 0 bridgehead atoms. The molecule has 2 rings (SSSR count). The third kappa shape index (κ3) is 8.16. The van der Waals surface area contributed by atoms with Crippen molar-refractivity contribution in [3.8, 4) is 6.07 Å². The molecule has 0 saturated carbocycles. The van der Waals surface area contributed by atoms with Gasteiger partial charge in [0.05, 0.1) is 24.2 Å². The Morgan fingerprint density at radius 2 is 1.77 bits per heavy atom. The van der Waals surface area contributed by atoms with Crippen molar-refractivity contribution in [2.24, 2.45) is 5.73 Å². The number of ether oxygens (including phenoxy) is 1. The van der Waals surface area contributed by atoms with Gasteiger partial charge in [-0.25, -0.2) is 4.79 Å². The Bertz CT molecular complexity index is 942. The van der Waals surface area contributed by atoms with Crippen LogP contribution in [0.2, 0.25) is 0 Å². The molecule has 2 atom stereocenters. The van der Waals surface area contributed by atoms with Crippen molar-refractivity contribution in [3.05, 3.63) is 71.3 Å². The number of rotatable bonds is 10. The van der Waals surface area contributed by atoms with E-state index in [4.69, 9.17) is 15.7 Å². The molecule has 0 saturated heterocycles. The van der Waals surface area contributed by atoms with Crippen molar-refractivity contribution in [1.29, 1.82) is 5.26 Å². The number of nitriles is 1. The number of carbonyl (C=O) groups is 3. The van der Waals surface area contributed by atoms with E-state index in [-0.39, 0.29) is 26.0 Å². The highest BCUT2D eigenvalue weighted by Gasteiger charge is 2.21. The van der Waals surface area contributed by atoms with Crippen LogP contribution in [0.25, 0.3) is 0 Å². The Morgan fingerprint density at radius 3 is 2.45 bits per heavy atom. The van der Waals surface area contributed by atoms with Gasteiger partial charge in [0.25, 0.3) is 0 Å². The second kappa shape index (κ2) is 11.9. The third-order valence-electron chi connectivity index (χ3n) is 4.36. The summed E-state index contributed by atoms with van der Waals surface area (Å²) in [4.78, 5) is 35.6. The zero-order valence-electron chi connectivity index (χ0n) is 16.8. The minimum Gasteiger partial charge on any atom is -0.445 e. The van der Waals surface area contributed by atoms with Crippen molar-refractivity contribution < 1.29 is 24.2 Å². The molecule has 2 aromatic carbocycles. The number of aliphatic hydroxyl groups excluding tert-OH is 1. The first-order valence-corrected chi connectivity index (χ1v) is 9.58. The maximum absolute atomic E-state index is 12.2. The Labute approximate surface area is 179 Å². The van der Waals surface area contributed by atoms with Crippen LogP contribution in [0.5, 0.6) is 0 Å². The van der Waals surface area contributed by atoms with Gasteiger partial charge in [-0.2, -0.15) is 5.26 Å². The molecule has 0 radical (unpaired) electrons. The van der Waals surface area contributed by atoms with E-state index in [0.717, 1.165) is 5.56 Å². The van der Waals surface area contributed by atoms with Crippen LogP contribution >= 0.6 is 0 Å². The molecule has 0 aromatic heterocycles. The van der Waals surface area contributed by atoms with E-state index in [9.17, 15) is 19.5 Å².